The van der Waals surface area contributed by atoms with Crippen molar-refractivity contribution in [3.8, 4) is 11.5 Å². The Kier molecular flexibility index (Phi) is 10.1. The molecule has 1 amide bonds. The van der Waals surface area contributed by atoms with E-state index in [2.05, 4.69) is 33.5 Å². The maximum Gasteiger partial charge on any atom is 0.262 e. The molecule has 0 bridgehead atoms. The standard InChI is InChI=1S/C19H23BrN2O3.ClH/c1-3-9-21-12-14-10-17(24-2)18(11-16(14)20)25-13-19(23)22-15-7-5-4-6-8-15;/h4-8,10-11,21H,3,9,12-13H2,1-2H3,(H,22,23);1H. The number of nitrogens with one attached hydrogen (secondary N) is 2. The molecule has 0 heterocycles. The van der Waals surface area contributed by atoms with E-state index in [4.69, 9.17) is 9.47 Å². The van der Waals surface area contributed by atoms with E-state index in [1.165, 1.54) is 0 Å². The van der Waals surface area contributed by atoms with Gasteiger partial charge in [-0.05, 0) is 42.8 Å². The fourth-order valence-corrected chi connectivity index (χ4v) is 2.71. The molecule has 0 aliphatic rings. The van der Waals surface area contributed by atoms with Gasteiger partial charge in [0.1, 0.15) is 0 Å². The van der Waals surface area contributed by atoms with E-state index in [0.717, 1.165) is 35.2 Å². The summed E-state index contributed by atoms with van der Waals surface area (Å²) in [5.41, 5.74) is 1.81. The Morgan fingerprint density at radius 1 is 1.15 bits per heavy atom. The Balaban J connectivity index is 0.00000338. The van der Waals surface area contributed by atoms with Gasteiger partial charge in [0.15, 0.2) is 18.1 Å². The van der Waals surface area contributed by atoms with E-state index >= 15 is 0 Å². The molecule has 0 radical (unpaired) electrons. The van der Waals surface area contributed by atoms with Crippen molar-refractivity contribution in [3.63, 3.8) is 0 Å². The average molecular weight is 444 g/mol. The molecule has 26 heavy (non-hydrogen) atoms. The highest BCUT2D eigenvalue weighted by Gasteiger charge is 2.12. The van der Waals surface area contributed by atoms with E-state index in [1.54, 1.807) is 7.11 Å². The second-order valence-corrected chi connectivity index (χ2v) is 6.33. The zero-order chi connectivity index (χ0) is 18.1. The van der Waals surface area contributed by atoms with E-state index in [1.807, 2.05) is 42.5 Å². The topological polar surface area (TPSA) is 59.6 Å². The summed E-state index contributed by atoms with van der Waals surface area (Å²) in [7, 11) is 1.59. The highest BCUT2D eigenvalue weighted by atomic mass is 79.9. The van der Waals surface area contributed by atoms with Gasteiger partial charge in [-0.1, -0.05) is 41.1 Å². The largest absolute Gasteiger partial charge is 0.493 e. The van der Waals surface area contributed by atoms with Crippen LogP contribution in [0, 0.1) is 0 Å². The third-order valence-corrected chi connectivity index (χ3v) is 4.23. The molecule has 0 aromatic heterocycles. The van der Waals surface area contributed by atoms with E-state index in [0.29, 0.717) is 11.5 Å². The molecule has 2 aromatic rings. The summed E-state index contributed by atoms with van der Waals surface area (Å²) in [4.78, 5) is 12.0. The number of benzene rings is 2. The van der Waals surface area contributed by atoms with Gasteiger partial charge in [-0.3, -0.25) is 4.79 Å². The highest BCUT2D eigenvalue weighted by Crippen LogP contribution is 2.33. The summed E-state index contributed by atoms with van der Waals surface area (Å²) in [6.45, 7) is 3.72. The van der Waals surface area contributed by atoms with Crippen LogP contribution in [0.5, 0.6) is 11.5 Å². The number of halogens is 2. The zero-order valence-corrected chi connectivity index (χ0v) is 17.3. The van der Waals surface area contributed by atoms with Crippen LogP contribution in [-0.2, 0) is 11.3 Å². The number of carbonyl (C=O) groups excluding carboxylic acids is 1. The van der Waals surface area contributed by atoms with Crippen molar-refractivity contribution >= 4 is 39.9 Å². The fraction of sp³-hybridized carbons (Fsp3) is 0.316. The number of hydrogen-bond donors (Lipinski definition) is 2. The van der Waals surface area contributed by atoms with Crippen molar-refractivity contribution in [1.29, 1.82) is 0 Å². The Morgan fingerprint density at radius 3 is 2.54 bits per heavy atom. The maximum atomic E-state index is 12.0. The van der Waals surface area contributed by atoms with Crippen molar-refractivity contribution in [1.82, 2.24) is 5.32 Å². The van der Waals surface area contributed by atoms with Gasteiger partial charge in [0.2, 0.25) is 0 Å². The summed E-state index contributed by atoms with van der Waals surface area (Å²) in [6, 6.07) is 13.0. The normalized spacial score (nSPS) is 9.96. The van der Waals surface area contributed by atoms with Gasteiger partial charge < -0.3 is 20.1 Å². The quantitative estimate of drug-likeness (QED) is 0.564. The summed E-state index contributed by atoms with van der Waals surface area (Å²) in [6.07, 6.45) is 1.08. The first kappa shape index (κ1) is 22.3. The van der Waals surface area contributed by atoms with Crippen LogP contribution >= 0.6 is 28.3 Å². The number of para-hydroxylation sites is 1. The number of carbonyl (C=O) groups is 1. The molecule has 0 aliphatic carbocycles. The maximum absolute atomic E-state index is 12.0. The van der Waals surface area contributed by atoms with E-state index in [9.17, 15) is 4.79 Å². The number of anilines is 1. The van der Waals surface area contributed by atoms with Gasteiger partial charge in [0, 0.05) is 16.7 Å². The second-order valence-electron chi connectivity index (χ2n) is 5.47. The van der Waals surface area contributed by atoms with Crippen LogP contribution in [-0.4, -0.2) is 26.2 Å². The monoisotopic (exact) mass is 442 g/mol. The van der Waals surface area contributed by atoms with Crippen molar-refractivity contribution in [2.75, 3.05) is 25.6 Å². The molecule has 0 saturated heterocycles. The number of ether oxygens (including phenoxy) is 2. The molecule has 7 heteroatoms. The Labute approximate surface area is 169 Å². The summed E-state index contributed by atoms with van der Waals surface area (Å²) in [5.74, 6) is 0.902. The predicted molar refractivity (Wildman–Crippen MR) is 111 cm³/mol. The van der Waals surface area contributed by atoms with Gasteiger partial charge in [0.05, 0.1) is 7.11 Å². The van der Waals surface area contributed by atoms with Crippen LogP contribution in [0.4, 0.5) is 5.69 Å². The first-order valence-corrected chi connectivity index (χ1v) is 8.98. The molecule has 2 rings (SSSR count). The van der Waals surface area contributed by atoms with Gasteiger partial charge in [-0.25, -0.2) is 0 Å². The van der Waals surface area contributed by atoms with Gasteiger partial charge in [0.25, 0.3) is 5.91 Å². The van der Waals surface area contributed by atoms with Crippen molar-refractivity contribution in [3.05, 3.63) is 52.5 Å². The molecule has 2 aromatic carbocycles. The Hall–Kier alpha value is -1.76. The first-order chi connectivity index (χ1) is 12.1. The predicted octanol–water partition coefficient (Wildman–Crippen LogP) is 4.40. The minimum atomic E-state index is -0.224. The second kappa shape index (κ2) is 11.8. The zero-order valence-electron chi connectivity index (χ0n) is 14.9. The first-order valence-electron chi connectivity index (χ1n) is 8.18. The lowest BCUT2D eigenvalue weighted by molar-refractivity contribution is -0.118. The van der Waals surface area contributed by atoms with E-state index in [-0.39, 0.29) is 24.9 Å². The number of rotatable bonds is 9. The smallest absolute Gasteiger partial charge is 0.262 e. The van der Waals surface area contributed by atoms with Gasteiger partial charge >= 0.3 is 0 Å². The van der Waals surface area contributed by atoms with Gasteiger partial charge in [-0.2, -0.15) is 0 Å². The molecule has 0 atom stereocenters. The van der Waals surface area contributed by atoms with Gasteiger partial charge in [-0.15, -0.1) is 12.4 Å². The molecule has 0 spiro atoms. The molecule has 5 nitrogen and oxygen atoms in total. The number of hydrogen-bond acceptors (Lipinski definition) is 4. The molecule has 0 fully saturated rings. The average Bonchev–Trinajstić information content (AvgIpc) is 2.62. The summed E-state index contributed by atoms with van der Waals surface area (Å²) >= 11 is 3.55. The lowest BCUT2D eigenvalue weighted by Crippen LogP contribution is -2.20. The minimum absolute atomic E-state index is 0. The van der Waals surface area contributed by atoms with Crippen LogP contribution in [0.15, 0.2) is 46.9 Å². The molecule has 0 unspecified atom stereocenters. The van der Waals surface area contributed by atoms with Crippen molar-refractivity contribution in [2.24, 2.45) is 0 Å². The SMILES string of the molecule is CCCNCc1cc(OC)c(OCC(=O)Nc2ccccc2)cc1Br.Cl. The number of amides is 1. The molecular formula is C19H24BrClN2O3. The Morgan fingerprint density at radius 2 is 1.88 bits per heavy atom. The Bertz CT molecular complexity index is 699. The van der Waals surface area contributed by atoms with Crippen LogP contribution < -0.4 is 20.1 Å². The van der Waals surface area contributed by atoms with Crippen LogP contribution in [0.2, 0.25) is 0 Å². The van der Waals surface area contributed by atoms with Crippen molar-refractivity contribution < 1.29 is 14.3 Å². The molecule has 0 aliphatic heterocycles. The van der Waals surface area contributed by atoms with E-state index < -0.39 is 0 Å². The van der Waals surface area contributed by atoms with Crippen molar-refractivity contribution in [2.45, 2.75) is 19.9 Å². The molecule has 142 valence electrons. The third-order valence-electron chi connectivity index (χ3n) is 3.49. The molecule has 2 N–H and O–H groups in total. The minimum Gasteiger partial charge on any atom is -0.493 e. The summed E-state index contributed by atoms with van der Waals surface area (Å²) < 4.78 is 11.9. The number of methoxy groups -OCH3 is 1. The van der Waals surface area contributed by atoms with Crippen LogP contribution in [0.3, 0.4) is 0 Å². The lowest BCUT2D eigenvalue weighted by Gasteiger charge is -2.14. The van der Waals surface area contributed by atoms with Crippen LogP contribution in [0.1, 0.15) is 18.9 Å². The molecular weight excluding hydrogens is 420 g/mol. The van der Waals surface area contributed by atoms with Crippen LogP contribution in [0.25, 0.3) is 0 Å². The third kappa shape index (κ3) is 6.86. The fourth-order valence-electron chi connectivity index (χ4n) is 2.25. The molecule has 0 saturated carbocycles. The lowest BCUT2D eigenvalue weighted by atomic mass is 10.2. The summed E-state index contributed by atoms with van der Waals surface area (Å²) in [5, 5.41) is 6.13. The highest BCUT2D eigenvalue weighted by molar-refractivity contribution is 9.10.